The van der Waals surface area contributed by atoms with E-state index in [0.717, 1.165) is 23.9 Å². The minimum atomic E-state index is -4.57. The number of nitrogens with zero attached hydrogens (tertiary/aromatic N) is 2. The molecule has 1 heterocycles. The van der Waals surface area contributed by atoms with Gasteiger partial charge in [-0.25, -0.2) is 4.98 Å². The van der Waals surface area contributed by atoms with Gasteiger partial charge in [-0.3, -0.25) is 9.89 Å². The molecule has 0 fully saturated rings. The average molecular weight is 317 g/mol. The molecule has 112 valence electrons. The van der Waals surface area contributed by atoms with Crippen LogP contribution in [0.25, 0.3) is 0 Å². The summed E-state index contributed by atoms with van der Waals surface area (Å²) < 4.78 is 38.1. The number of halogens is 3. The Morgan fingerprint density at radius 1 is 1.43 bits per heavy atom. The van der Waals surface area contributed by atoms with E-state index in [1.165, 1.54) is 12.4 Å². The Balaban J connectivity index is 2.01. The molecule has 6 nitrogen and oxygen atoms in total. The molecule has 0 spiro atoms. The molecule has 1 aromatic heterocycles. The molecule has 0 saturated carbocycles. The number of H-pyrrole nitrogens is 1. The van der Waals surface area contributed by atoms with Crippen LogP contribution in [0.15, 0.2) is 29.7 Å². The first-order valence-electron chi connectivity index (χ1n) is 5.61. The molecular weight excluding hydrogens is 307 g/mol. The fourth-order valence-electron chi connectivity index (χ4n) is 1.47. The second kappa shape index (κ2) is 6.04. The highest BCUT2D eigenvalue weighted by molar-refractivity contribution is 7.99. The molecule has 2 aromatic rings. The summed E-state index contributed by atoms with van der Waals surface area (Å²) in [7, 11) is 0. The van der Waals surface area contributed by atoms with E-state index in [2.05, 4.69) is 20.5 Å². The van der Waals surface area contributed by atoms with Crippen LogP contribution >= 0.6 is 11.8 Å². The van der Waals surface area contributed by atoms with Crippen molar-refractivity contribution in [3.8, 4) is 0 Å². The number of thioether (sulfide) groups is 1. The molecule has 0 radical (unpaired) electrons. The highest BCUT2D eigenvalue weighted by atomic mass is 32.2. The van der Waals surface area contributed by atoms with Crippen LogP contribution in [0.4, 0.5) is 24.5 Å². The summed E-state index contributed by atoms with van der Waals surface area (Å²) in [6, 6.07) is 3.20. The number of benzene rings is 1. The Morgan fingerprint density at radius 2 is 2.19 bits per heavy atom. The third-order valence-electron chi connectivity index (χ3n) is 2.38. The summed E-state index contributed by atoms with van der Waals surface area (Å²) >= 11 is 1.08. The highest BCUT2D eigenvalue weighted by Gasteiger charge is 2.33. The SMILES string of the molecule is Nc1ccc(NC(=O)CSc2ncn[nH]2)cc1C(F)(F)F. The number of anilines is 2. The van der Waals surface area contributed by atoms with Crippen molar-refractivity contribution in [3.05, 3.63) is 30.1 Å². The summed E-state index contributed by atoms with van der Waals surface area (Å²) in [5, 5.41) is 8.96. The molecule has 0 aliphatic heterocycles. The first-order valence-corrected chi connectivity index (χ1v) is 6.59. The van der Waals surface area contributed by atoms with Crippen LogP contribution in [0.3, 0.4) is 0 Å². The van der Waals surface area contributed by atoms with E-state index in [1.807, 2.05) is 0 Å². The molecule has 0 aliphatic carbocycles. The average Bonchev–Trinajstić information content (AvgIpc) is 2.90. The van der Waals surface area contributed by atoms with Crippen molar-refractivity contribution in [1.82, 2.24) is 15.2 Å². The van der Waals surface area contributed by atoms with Gasteiger partial charge in [0.1, 0.15) is 6.33 Å². The Bertz CT molecular complexity index is 629. The Morgan fingerprint density at radius 3 is 2.81 bits per heavy atom. The van der Waals surface area contributed by atoms with E-state index in [0.29, 0.717) is 5.16 Å². The lowest BCUT2D eigenvalue weighted by atomic mass is 10.1. The molecular formula is C11H10F3N5OS. The van der Waals surface area contributed by atoms with Crippen molar-refractivity contribution in [2.24, 2.45) is 0 Å². The van der Waals surface area contributed by atoms with E-state index in [-0.39, 0.29) is 11.4 Å². The van der Waals surface area contributed by atoms with Crippen molar-refractivity contribution >= 4 is 29.0 Å². The molecule has 0 saturated heterocycles. The summed E-state index contributed by atoms with van der Waals surface area (Å²) in [5.74, 6) is -0.477. The topological polar surface area (TPSA) is 96.7 Å². The van der Waals surface area contributed by atoms with E-state index >= 15 is 0 Å². The molecule has 1 aromatic carbocycles. The number of hydrogen-bond acceptors (Lipinski definition) is 5. The summed E-state index contributed by atoms with van der Waals surface area (Å²) in [6.45, 7) is 0. The smallest absolute Gasteiger partial charge is 0.398 e. The third kappa shape index (κ3) is 4.12. The number of rotatable bonds is 4. The lowest BCUT2D eigenvalue weighted by Crippen LogP contribution is -2.16. The van der Waals surface area contributed by atoms with Gasteiger partial charge in [-0.1, -0.05) is 11.8 Å². The Hall–Kier alpha value is -2.23. The van der Waals surface area contributed by atoms with Crippen LogP contribution in [0.2, 0.25) is 0 Å². The van der Waals surface area contributed by atoms with Gasteiger partial charge in [0.25, 0.3) is 0 Å². The lowest BCUT2D eigenvalue weighted by Gasteiger charge is -2.12. The van der Waals surface area contributed by atoms with E-state index < -0.39 is 23.3 Å². The van der Waals surface area contributed by atoms with Crippen molar-refractivity contribution in [2.75, 3.05) is 16.8 Å². The number of carbonyl (C=O) groups excluding carboxylic acids is 1. The fourth-order valence-corrected chi connectivity index (χ4v) is 2.05. The molecule has 0 atom stereocenters. The molecule has 21 heavy (non-hydrogen) atoms. The van der Waals surface area contributed by atoms with Crippen LogP contribution in [-0.4, -0.2) is 26.8 Å². The van der Waals surface area contributed by atoms with Gasteiger partial charge in [0.2, 0.25) is 5.91 Å². The number of nitrogens with two attached hydrogens (primary N) is 1. The van der Waals surface area contributed by atoms with Gasteiger partial charge in [-0.2, -0.15) is 18.3 Å². The standard InChI is InChI=1S/C11H10F3N5OS/c12-11(13,14)7-3-6(1-2-8(7)15)18-9(20)4-21-10-16-5-17-19-10/h1-3,5H,4,15H2,(H,18,20)(H,16,17,19). The maximum Gasteiger partial charge on any atom is 0.418 e. The summed E-state index contributed by atoms with van der Waals surface area (Å²) in [5.41, 5.74) is 3.93. The Labute approximate surface area is 121 Å². The maximum absolute atomic E-state index is 12.7. The zero-order valence-corrected chi connectivity index (χ0v) is 11.3. The normalized spacial score (nSPS) is 11.4. The number of aromatic nitrogens is 3. The molecule has 4 N–H and O–H groups in total. The predicted molar refractivity (Wildman–Crippen MR) is 71.6 cm³/mol. The monoisotopic (exact) mass is 317 g/mol. The number of carbonyl (C=O) groups is 1. The van der Waals surface area contributed by atoms with Gasteiger partial charge in [0.05, 0.1) is 11.3 Å². The zero-order chi connectivity index (χ0) is 15.5. The van der Waals surface area contributed by atoms with Gasteiger partial charge in [0, 0.05) is 11.4 Å². The fraction of sp³-hybridized carbons (Fsp3) is 0.182. The number of hydrogen-bond donors (Lipinski definition) is 3. The van der Waals surface area contributed by atoms with Crippen LogP contribution in [-0.2, 0) is 11.0 Å². The zero-order valence-electron chi connectivity index (χ0n) is 10.4. The van der Waals surface area contributed by atoms with E-state index in [9.17, 15) is 18.0 Å². The largest absolute Gasteiger partial charge is 0.418 e. The Kier molecular flexibility index (Phi) is 4.36. The van der Waals surface area contributed by atoms with Crippen molar-refractivity contribution in [2.45, 2.75) is 11.3 Å². The minimum absolute atomic E-state index is 0.0130. The van der Waals surface area contributed by atoms with Gasteiger partial charge >= 0.3 is 6.18 Å². The van der Waals surface area contributed by atoms with Gasteiger partial charge in [0.15, 0.2) is 5.16 Å². The van der Waals surface area contributed by atoms with E-state index in [4.69, 9.17) is 5.73 Å². The second-order valence-corrected chi connectivity index (χ2v) is 4.89. The molecule has 0 unspecified atom stereocenters. The number of alkyl halides is 3. The number of amides is 1. The molecule has 1 amide bonds. The van der Waals surface area contributed by atoms with E-state index in [1.54, 1.807) is 0 Å². The minimum Gasteiger partial charge on any atom is -0.398 e. The number of nitrogens with one attached hydrogen (secondary N) is 2. The molecule has 0 aliphatic rings. The molecule has 10 heteroatoms. The molecule has 2 rings (SSSR count). The van der Waals surface area contributed by atoms with Crippen molar-refractivity contribution < 1.29 is 18.0 Å². The second-order valence-electron chi connectivity index (χ2n) is 3.93. The lowest BCUT2D eigenvalue weighted by molar-refractivity contribution is -0.136. The molecule has 0 bridgehead atoms. The first-order chi connectivity index (χ1) is 9.86. The predicted octanol–water partition coefficient (Wildman–Crippen LogP) is 2.14. The van der Waals surface area contributed by atoms with Gasteiger partial charge in [-0.05, 0) is 18.2 Å². The van der Waals surface area contributed by atoms with Gasteiger partial charge in [-0.15, -0.1) is 0 Å². The third-order valence-corrected chi connectivity index (χ3v) is 3.25. The summed E-state index contributed by atoms with van der Waals surface area (Å²) in [4.78, 5) is 15.5. The van der Waals surface area contributed by atoms with Crippen LogP contribution in [0.1, 0.15) is 5.56 Å². The van der Waals surface area contributed by atoms with Crippen LogP contribution < -0.4 is 11.1 Å². The highest BCUT2D eigenvalue weighted by Crippen LogP contribution is 2.35. The summed E-state index contributed by atoms with van der Waals surface area (Å²) in [6.07, 6.45) is -3.28. The van der Waals surface area contributed by atoms with Crippen LogP contribution in [0, 0.1) is 0 Å². The number of nitrogen functional groups attached to an aromatic ring is 1. The van der Waals surface area contributed by atoms with Crippen LogP contribution in [0.5, 0.6) is 0 Å². The number of aromatic amines is 1. The van der Waals surface area contributed by atoms with Crippen molar-refractivity contribution in [1.29, 1.82) is 0 Å². The maximum atomic E-state index is 12.7. The first kappa shape index (κ1) is 15.2. The van der Waals surface area contributed by atoms with Gasteiger partial charge < -0.3 is 11.1 Å². The van der Waals surface area contributed by atoms with Crippen molar-refractivity contribution in [3.63, 3.8) is 0 Å². The quantitative estimate of drug-likeness (QED) is 0.593.